The van der Waals surface area contributed by atoms with Gasteiger partial charge >= 0.3 is 5.97 Å². The van der Waals surface area contributed by atoms with Gasteiger partial charge in [0.05, 0.1) is 0 Å². The van der Waals surface area contributed by atoms with Gasteiger partial charge in [0.15, 0.2) is 11.9 Å². The predicted octanol–water partition coefficient (Wildman–Crippen LogP) is 2.73. The number of ketones is 1. The summed E-state index contributed by atoms with van der Waals surface area (Å²) in [6.45, 7) is 6.46. The Morgan fingerprint density at radius 3 is 2.43 bits per heavy atom. The Balaban J connectivity index is 2.68. The van der Waals surface area contributed by atoms with Crippen LogP contribution in [0.1, 0.15) is 38.1 Å². The monoisotopic (exact) mass is 289 g/mol. The summed E-state index contributed by atoms with van der Waals surface area (Å²) in [5.41, 5.74) is 1.78. The fourth-order valence-corrected chi connectivity index (χ4v) is 1.56. The van der Waals surface area contributed by atoms with Crippen molar-refractivity contribution in [1.82, 2.24) is 0 Å². The number of amides is 1. The smallest absolute Gasteiger partial charge is 0.331 e. The van der Waals surface area contributed by atoms with Crippen molar-refractivity contribution < 1.29 is 19.1 Å². The number of allylic oxidation sites excluding steroid dienone is 1. The molecule has 0 radical (unpaired) electrons. The van der Waals surface area contributed by atoms with E-state index in [2.05, 4.69) is 5.32 Å². The minimum Gasteiger partial charge on any atom is -0.449 e. The maximum absolute atomic E-state index is 11.9. The van der Waals surface area contributed by atoms with Gasteiger partial charge in [0.2, 0.25) is 0 Å². The number of carbonyl (C=O) groups is 3. The zero-order valence-corrected chi connectivity index (χ0v) is 12.6. The zero-order chi connectivity index (χ0) is 16.0. The summed E-state index contributed by atoms with van der Waals surface area (Å²) in [5.74, 6) is -1.10. The summed E-state index contributed by atoms with van der Waals surface area (Å²) in [4.78, 5) is 34.6. The number of carbonyl (C=O) groups excluding carboxylic acids is 3. The van der Waals surface area contributed by atoms with Crippen LogP contribution in [-0.4, -0.2) is 23.8 Å². The van der Waals surface area contributed by atoms with E-state index in [0.717, 1.165) is 5.57 Å². The lowest BCUT2D eigenvalue weighted by molar-refractivity contribution is -0.148. The molecule has 1 amide bonds. The third-order valence-electron chi connectivity index (χ3n) is 2.61. The molecule has 1 N–H and O–H groups in total. The molecular weight excluding hydrogens is 270 g/mol. The molecule has 112 valence electrons. The first-order valence-electron chi connectivity index (χ1n) is 6.57. The van der Waals surface area contributed by atoms with Gasteiger partial charge in [-0.05, 0) is 39.8 Å². The largest absolute Gasteiger partial charge is 0.449 e. The summed E-state index contributed by atoms with van der Waals surface area (Å²) >= 11 is 0. The van der Waals surface area contributed by atoms with Crippen molar-refractivity contribution in [3.05, 3.63) is 41.5 Å². The van der Waals surface area contributed by atoms with Crippen molar-refractivity contribution >= 4 is 23.3 Å². The molecule has 5 heteroatoms. The maximum atomic E-state index is 11.9. The molecule has 1 rings (SSSR count). The minimum atomic E-state index is -0.922. The molecule has 0 aliphatic heterocycles. The normalized spacial score (nSPS) is 11.2. The van der Waals surface area contributed by atoms with Crippen LogP contribution >= 0.6 is 0 Å². The lowest BCUT2D eigenvalue weighted by Gasteiger charge is -2.13. The van der Waals surface area contributed by atoms with Crippen LogP contribution in [0.2, 0.25) is 0 Å². The molecule has 1 aromatic carbocycles. The number of rotatable bonds is 5. The summed E-state index contributed by atoms with van der Waals surface area (Å²) < 4.78 is 4.98. The van der Waals surface area contributed by atoms with Crippen LogP contribution in [0.15, 0.2) is 35.9 Å². The Labute approximate surface area is 124 Å². The first-order chi connectivity index (χ1) is 9.79. The van der Waals surface area contributed by atoms with E-state index in [1.54, 1.807) is 38.1 Å². The number of hydrogen-bond donors (Lipinski definition) is 1. The van der Waals surface area contributed by atoms with E-state index in [9.17, 15) is 14.4 Å². The van der Waals surface area contributed by atoms with Crippen molar-refractivity contribution in [2.45, 2.75) is 33.8 Å². The fourth-order valence-electron chi connectivity index (χ4n) is 1.56. The van der Waals surface area contributed by atoms with Gasteiger partial charge in [-0.3, -0.25) is 9.59 Å². The highest BCUT2D eigenvalue weighted by Crippen LogP contribution is 2.12. The van der Waals surface area contributed by atoms with Gasteiger partial charge in [-0.25, -0.2) is 4.79 Å². The van der Waals surface area contributed by atoms with Gasteiger partial charge in [-0.1, -0.05) is 17.7 Å². The standard InChI is InChI=1S/C16H19NO4/c1-10(2)8-15(19)21-12(4)16(20)17-14-7-5-6-13(9-14)11(3)18/h5-9,12H,1-4H3,(H,17,20)/t12-/m1/s1. The number of hydrogen-bond acceptors (Lipinski definition) is 4. The van der Waals surface area contributed by atoms with Crippen LogP contribution in [0.3, 0.4) is 0 Å². The Morgan fingerprint density at radius 2 is 1.86 bits per heavy atom. The topological polar surface area (TPSA) is 72.5 Å². The highest BCUT2D eigenvalue weighted by atomic mass is 16.5. The van der Waals surface area contributed by atoms with Crippen LogP contribution in [0.5, 0.6) is 0 Å². The van der Waals surface area contributed by atoms with Gasteiger partial charge in [-0.15, -0.1) is 0 Å². The van der Waals surface area contributed by atoms with Gasteiger partial charge in [-0.2, -0.15) is 0 Å². The molecule has 0 aliphatic carbocycles. The molecule has 0 fully saturated rings. The minimum absolute atomic E-state index is 0.0888. The third-order valence-corrected chi connectivity index (χ3v) is 2.61. The number of anilines is 1. The van der Waals surface area contributed by atoms with Crippen molar-refractivity contribution in [3.63, 3.8) is 0 Å². The second-order valence-electron chi connectivity index (χ2n) is 4.93. The molecule has 0 saturated carbocycles. The Morgan fingerprint density at radius 1 is 1.19 bits per heavy atom. The molecule has 1 atom stereocenters. The molecule has 0 aliphatic rings. The van der Waals surface area contributed by atoms with E-state index in [1.807, 2.05) is 0 Å². The van der Waals surface area contributed by atoms with Crippen LogP contribution in [-0.2, 0) is 14.3 Å². The summed E-state index contributed by atoms with van der Waals surface area (Å²) in [6, 6.07) is 6.57. The maximum Gasteiger partial charge on any atom is 0.331 e. The lowest BCUT2D eigenvalue weighted by atomic mass is 10.1. The summed E-state index contributed by atoms with van der Waals surface area (Å²) in [6.07, 6.45) is 0.397. The number of esters is 1. The first-order valence-corrected chi connectivity index (χ1v) is 6.57. The van der Waals surface area contributed by atoms with Crippen molar-refractivity contribution in [1.29, 1.82) is 0 Å². The molecule has 0 spiro atoms. The van der Waals surface area contributed by atoms with Crippen molar-refractivity contribution in [3.8, 4) is 0 Å². The van der Waals surface area contributed by atoms with Crippen LogP contribution in [0.4, 0.5) is 5.69 Å². The van der Waals surface area contributed by atoms with E-state index in [4.69, 9.17) is 4.74 Å². The van der Waals surface area contributed by atoms with Crippen molar-refractivity contribution in [2.24, 2.45) is 0 Å². The lowest BCUT2D eigenvalue weighted by Crippen LogP contribution is -2.29. The number of Topliss-reactive ketones (excluding diaryl/α,β-unsaturated/α-hetero) is 1. The number of benzene rings is 1. The van der Waals surface area contributed by atoms with E-state index < -0.39 is 18.0 Å². The molecular formula is C16H19NO4. The number of nitrogens with one attached hydrogen (secondary N) is 1. The number of ether oxygens (including phenoxy) is 1. The molecule has 0 aromatic heterocycles. The van der Waals surface area contributed by atoms with Crippen LogP contribution in [0.25, 0.3) is 0 Å². The summed E-state index contributed by atoms with van der Waals surface area (Å²) in [7, 11) is 0. The predicted molar refractivity (Wildman–Crippen MR) is 80.1 cm³/mol. The van der Waals surface area contributed by atoms with Crippen LogP contribution in [0, 0.1) is 0 Å². The Kier molecular flexibility index (Phi) is 5.84. The molecule has 0 unspecified atom stereocenters. The SMILES string of the molecule is CC(=O)c1cccc(NC(=O)[C@@H](C)OC(=O)C=C(C)C)c1. The van der Waals surface area contributed by atoms with Crippen LogP contribution < -0.4 is 5.32 Å². The zero-order valence-electron chi connectivity index (χ0n) is 12.6. The van der Waals surface area contributed by atoms with E-state index >= 15 is 0 Å². The van der Waals surface area contributed by atoms with E-state index in [1.165, 1.54) is 19.9 Å². The van der Waals surface area contributed by atoms with Gasteiger partial charge in [0.25, 0.3) is 5.91 Å². The quantitative estimate of drug-likeness (QED) is 0.514. The molecule has 0 saturated heterocycles. The first kappa shape index (κ1) is 16.6. The summed E-state index contributed by atoms with van der Waals surface area (Å²) in [5, 5.41) is 2.61. The van der Waals surface area contributed by atoms with Crippen molar-refractivity contribution in [2.75, 3.05) is 5.32 Å². The third kappa shape index (κ3) is 5.60. The average Bonchev–Trinajstić information content (AvgIpc) is 2.37. The Hall–Kier alpha value is -2.43. The molecule has 0 bridgehead atoms. The van der Waals surface area contributed by atoms with E-state index in [0.29, 0.717) is 11.3 Å². The molecule has 1 aromatic rings. The van der Waals surface area contributed by atoms with E-state index in [-0.39, 0.29) is 5.78 Å². The van der Waals surface area contributed by atoms with Gasteiger partial charge in [0, 0.05) is 17.3 Å². The average molecular weight is 289 g/mol. The molecule has 21 heavy (non-hydrogen) atoms. The van der Waals surface area contributed by atoms with Gasteiger partial charge in [0.1, 0.15) is 0 Å². The Bertz CT molecular complexity index is 586. The second-order valence-corrected chi connectivity index (χ2v) is 4.93. The van der Waals surface area contributed by atoms with Gasteiger partial charge < -0.3 is 10.1 Å². The highest BCUT2D eigenvalue weighted by molar-refractivity contribution is 5.98. The molecule has 0 heterocycles. The highest BCUT2D eigenvalue weighted by Gasteiger charge is 2.17. The fraction of sp³-hybridized carbons (Fsp3) is 0.312. The second kappa shape index (κ2) is 7.38. The molecule has 5 nitrogen and oxygen atoms in total.